The van der Waals surface area contributed by atoms with Crippen molar-refractivity contribution >= 4 is 29.2 Å². The SMILES string of the molecule is O=C(O)c1ccc(-c2ccccc2)cc1CONc1ccc(Cc2ccc(NC(=O)c3cc(-c4ccccc4)ccc3C(=O)O)cc2)cc1. The largest absolute Gasteiger partial charge is 0.478 e. The van der Waals surface area contributed by atoms with Crippen LogP contribution in [-0.2, 0) is 17.9 Å². The van der Waals surface area contributed by atoms with Crippen LogP contribution in [0.3, 0.4) is 0 Å². The summed E-state index contributed by atoms with van der Waals surface area (Å²) in [6, 6.07) is 44.3. The standard InChI is InChI=1S/C41H32N2O6/c44-39(38-25-32(16-22-37(38)41(47)48)30-9-5-2-6-10-30)42-34-17-11-27(12-18-34)23-28-13-19-35(20-14-28)43-49-26-33-24-31(15-21-36(33)40(45)46)29-7-3-1-4-8-29/h1-22,24-25,43H,23,26H2,(H,42,44)(H,45,46)(H,47,48). The van der Waals surface area contributed by atoms with Crippen LogP contribution in [0.25, 0.3) is 22.3 Å². The summed E-state index contributed by atoms with van der Waals surface area (Å²) in [6.07, 6.45) is 0.645. The number of carbonyl (C=O) groups is 3. The quantitative estimate of drug-likeness (QED) is 0.0978. The van der Waals surface area contributed by atoms with Crippen molar-refractivity contribution in [1.29, 1.82) is 0 Å². The summed E-state index contributed by atoms with van der Waals surface area (Å²) in [7, 11) is 0. The molecule has 0 spiro atoms. The van der Waals surface area contributed by atoms with E-state index in [1.165, 1.54) is 6.07 Å². The highest BCUT2D eigenvalue weighted by Gasteiger charge is 2.18. The molecule has 6 aromatic rings. The predicted molar refractivity (Wildman–Crippen MR) is 190 cm³/mol. The van der Waals surface area contributed by atoms with Crippen LogP contribution in [0.15, 0.2) is 146 Å². The van der Waals surface area contributed by atoms with E-state index < -0.39 is 17.8 Å². The number of amides is 1. The van der Waals surface area contributed by atoms with Crippen molar-refractivity contribution in [3.8, 4) is 22.3 Å². The molecule has 4 N–H and O–H groups in total. The van der Waals surface area contributed by atoms with Crippen molar-refractivity contribution in [2.24, 2.45) is 0 Å². The first kappa shape index (κ1) is 32.4. The number of rotatable bonds is 12. The molecule has 0 radical (unpaired) electrons. The summed E-state index contributed by atoms with van der Waals surface area (Å²) in [5, 5.41) is 22.2. The lowest BCUT2D eigenvalue weighted by Gasteiger charge is -2.12. The van der Waals surface area contributed by atoms with Gasteiger partial charge in [0.15, 0.2) is 0 Å². The van der Waals surface area contributed by atoms with Gasteiger partial charge in [-0.1, -0.05) is 97.1 Å². The molecule has 6 rings (SSSR count). The first-order valence-corrected chi connectivity index (χ1v) is 15.6. The molecule has 0 atom stereocenters. The lowest BCUT2D eigenvalue weighted by atomic mass is 9.98. The summed E-state index contributed by atoms with van der Waals surface area (Å²) in [5.74, 6) is -2.69. The Balaban J connectivity index is 1.05. The van der Waals surface area contributed by atoms with Gasteiger partial charge in [-0.05, 0) is 93.9 Å². The zero-order valence-corrected chi connectivity index (χ0v) is 26.3. The van der Waals surface area contributed by atoms with Crippen molar-refractivity contribution in [1.82, 2.24) is 0 Å². The third-order valence-electron chi connectivity index (χ3n) is 8.04. The summed E-state index contributed by atoms with van der Waals surface area (Å²) in [4.78, 5) is 42.5. The van der Waals surface area contributed by atoms with Crippen molar-refractivity contribution < 1.29 is 29.4 Å². The number of carboxylic acid groups (broad SMARTS) is 2. The monoisotopic (exact) mass is 648 g/mol. The molecular weight excluding hydrogens is 616 g/mol. The molecule has 0 unspecified atom stereocenters. The van der Waals surface area contributed by atoms with Gasteiger partial charge in [0.1, 0.15) is 6.61 Å². The molecule has 6 aromatic carbocycles. The molecule has 0 aliphatic rings. The van der Waals surface area contributed by atoms with Crippen molar-refractivity contribution in [3.05, 3.63) is 179 Å². The first-order chi connectivity index (χ1) is 23.8. The maximum absolute atomic E-state index is 13.2. The van der Waals surface area contributed by atoms with E-state index in [0.717, 1.165) is 39.1 Å². The minimum atomic E-state index is -1.17. The number of benzene rings is 6. The fraction of sp³-hybridized carbons (Fsp3) is 0.0488. The lowest BCUT2D eigenvalue weighted by molar-refractivity contribution is 0.0682. The van der Waals surface area contributed by atoms with Crippen LogP contribution >= 0.6 is 0 Å². The number of carboxylic acids is 2. The van der Waals surface area contributed by atoms with Gasteiger partial charge in [0, 0.05) is 5.69 Å². The Morgan fingerprint density at radius 3 is 1.57 bits per heavy atom. The van der Waals surface area contributed by atoms with Crippen LogP contribution in [0.2, 0.25) is 0 Å². The maximum Gasteiger partial charge on any atom is 0.336 e. The Morgan fingerprint density at radius 2 is 1.02 bits per heavy atom. The van der Waals surface area contributed by atoms with E-state index in [4.69, 9.17) is 4.84 Å². The molecule has 0 bridgehead atoms. The smallest absolute Gasteiger partial charge is 0.336 e. The minimum Gasteiger partial charge on any atom is -0.478 e. The number of nitrogens with one attached hydrogen (secondary N) is 2. The number of hydrogen-bond acceptors (Lipinski definition) is 5. The normalized spacial score (nSPS) is 10.7. The van der Waals surface area contributed by atoms with Gasteiger partial charge in [-0.15, -0.1) is 0 Å². The number of anilines is 2. The van der Waals surface area contributed by atoms with Gasteiger partial charge in [-0.25, -0.2) is 9.59 Å². The fourth-order valence-corrected chi connectivity index (χ4v) is 5.49. The topological polar surface area (TPSA) is 125 Å². The van der Waals surface area contributed by atoms with Crippen LogP contribution in [0.1, 0.15) is 47.8 Å². The third kappa shape index (κ3) is 8.08. The highest BCUT2D eigenvalue weighted by atomic mass is 16.6. The highest BCUT2D eigenvalue weighted by Crippen LogP contribution is 2.25. The molecule has 1 amide bonds. The van der Waals surface area contributed by atoms with Crippen molar-refractivity contribution in [2.45, 2.75) is 13.0 Å². The second kappa shape index (κ2) is 14.9. The third-order valence-corrected chi connectivity index (χ3v) is 8.04. The average Bonchev–Trinajstić information content (AvgIpc) is 3.13. The zero-order valence-electron chi connectivity index (χ0n) is 26.3. The highest BCUT2D eigenvalue weighted by molar-refractivity contribution is 6.11. The number of carbonyl (C=O) groups excluding carboxylic acids is 1. The molecule has 0 fully saturated rings. The molecule has 0 aliphatic heterocycles. The minimum absolute atomic E-state index is 0.0586. The Bertz CT molecular complexity index is 2100. The Hall–Kier alpha value is -6.51. The van der Waals surface area contributed by atoms with Gasteiger partial charge in [0.05, 0.1) is 22.4 Å². The van der Waals surface area contributed by atoms with Crippen LogP contribution < -0.4 is 10.8 Å². The second-order valence-electron chi connectivity index (χ2n) is 11.4. The molecular formula is C41H32N2O6. The predicted octanol–water partition coefficient (Wildman–Crippen LogP) is 8.80. The molecule has 0 aliphatic carbocycles. The Morgan fingerprint density at radius 1 is 0.510 bits per heavy atom. The molecule has 8 heteroatoms. The van der Waals surface area contributed by atoms with Gasteiger partial charge in [0.25, 0.3) is 5.91 Å². The van der Waals surface area contributed by atoms with Gasteiger partial charge in [0.2, 0.25) is 0 Å². The molecule has 242 valence electrons. The van der Waals surface area contributed by atoms with Crippen LogP contribution in [0.5, 0.6) is 0 Å². The van der Waals surface area contributed by atoms with E-state index in [-0.39, 0.29) is 23.3 Å². The average molecular weight is 649 g/mol. The van der Waals surface area contributed by atoms with E-state index >= 15 is 0 Å². The fourth-order valence-electron chi connectivity index (χ4n) is 5.49. The van der Waals surface area contributed by atoms with E-state index in [1.54, 1.807) is 36.4 Å². The lowest BCUT2D eigenvalue weighted by Crippen LogP contribution is -2.16. The van der Waals surface area contributed by atoms with Gasteiger partial charge >= 0.3 is 11.9 Å². The number of hydrogen-bond donors (Lipinski definition) is 4. The summed E-state index contributed by atoms with van der Waals surface area (Å²) in [6.45, 7) is 0.0586. The number of aromatic carboxylic acids is 2. The molecule has 49 heavy (non-hydrogen) atoms. The summed E-state index contributed by atoms with van der Waals surface area (Å²) >= 11 is 0. The summed E-state index contributed by atoms with van der Waals surface area (Å²) < 4.78 is 0. The van der Waals surface area contributed by atoms with Gasteiger partial charge < -0.3 is 15.5 Å². The molecule has 0 saturated carbocycles. The van der Waals surface area contributed by atoms with Gasteiger partial charge in [-0.3, -0.25) is 15.1 Å². The molecule has 8 nitrogen and oxygen atoms in total. The van der Waals surface area contributed by atoms with E-state index in [1.807, 2.05) is 103 Å². The maximum atomic E-state index is 13.2. The Kier molecular flexibility index (Phi) is 9.88. The zero-order chi connectivity index (χ0) is 34.2. The van der Waals surface area contributed by atoms with Crippen molar-refractivity contribution in [3.63, 3.8) is 0 Å². The molecule has 0 saturated heterocycles. The Labute approximate surface area is 283 Å². The van der Waals surface area contributed by atoms with Gasteiger partial charge in [-0.2, -0.15) is 0 Å². The van der Waals surface area contributed by atoms with E-state index in [0.29, 0.717) is 17.7 Å². The van der Waals surface area contributed by atoms with Crippen LogP contribution in [-0.4, -0.2) is 28.1 Å². The first-order valence-electron chi connectivity index (χ1n) is 15.6. The van der Waals surface area contributed by atoms with Crippen LogP contribution in [0.4, 0.5) is 11.4 Å². The van der Waals surface area contributed by atoms with Crippen molar-refractivity contribution in [2.75, 3.05) is 10.8 Å². The van der Waals surface area contributed by atoms with E-state index in [9.17, 15) is 24.6 Å². The molecule has 0 aromatic heterocycles. The van der Waals surface area contributed by atoms with Crippen LogP contribution in [0, 0.1) is 0 Å². The second-order valence-corrected chi connectivity index (χ2v) is 11.4. The van der Waals surface area contributed by atoms with E-state index in [2.05, 4.69) is 10.8 Å². The molecule has 0 heterocycles. The summed E-state index contributed by atoms with van der Waals surface area (Å²) in [5.41, 5.74) is 10.5.